The number of sulfone groups is 1. The fraction of sp³-hybridized carbons (Fsp3) is 0.727. The zero-order valence-electron chi connectivity index (χ0n) is 17.3. The van der Waals surface area contributed by atoms with Crippen LogP contribution in [0.15, 0.2) is 24.3 Å². The maximum absolute atomic E-state index is 12.7. The SMILES string of the molecule is CCC[CH2][Sn]([CH2]CCC)([CH2]CCC)[c]1ccccc1C1(S(C)(=O)=O)CC1. The summed E-state index contributed by atoms with van der Waals surface area (Å²) in [6, 6.07) is 8.75. The first-order valence-corrected chi connectivity index (χ1v) is 20.0. The van der Waals surface area contributed by atoms with Gasteiger partial charge in [0, 0.05) is 0 Å². The van der Waals surface area contributed by atoms with E-state index in [2.05, 4.69) is 45.0 Å². The van der Waals surface area contributed by atoms with Gasteiger partial charge >= 0.3 is 166 Å². The average Bonchev–Trinajstić information content (AvgIpc) is 3.43. The summed E-state index contributed by atoms with van der Waals surface area (Å²) in [5, 5.41) is 0. The van der Waals surface area contributed by atoms with Crippen molar-refractivity contribution < 1.29 is 8.42 Å². The molecule has 1 fully saturated rings. The Morgan fingerprint density at radius 1 is 0.885 bits per heavy atom. The molecule has 1 aromatic carbocycles. The number of hydrogen-bond donors (Lipinski definition) is 0. The molecule has 0 N–H and O–H groups in total. The van der Waals surface area contributed by atoms with E-state index in [1.165, 1.54) is 63.7 Å². The van der Waals surface area contributed by atoms with E-state index in [1.807, 2.05) is 0 Å². The monoisotopic (exact) mass is 486 g/mol. The van der Waals surface area contributed by atoms with Crippen LogP contribution in [-0.4, -0.2) is 33.1 Å². The summed E-state index contributed by atoms with van der Waals surface area (Å²) in [7, 11) is -3.05. The second kappa shape index (κ2) is 9.45. The molecular weight excluding hydrogens is 447 g/mol. The molecule has 2 nitrogen and oxygen atoms in total. The van der Waals surface area contributed by atoms with Gasteiger partial charge in [-0.15, -0.1) is 0 Å². The van der Waals surface area contributed by atoms with E-state index >= 15 is 0 Å². The third-order valence-corrected chi connectivity index (χ3v) is 24.2. The minimum absolute atomic E-state index is 0.559. The molecule has 2 rings (SSSR count). The normalized spacial score (nSPS) is 16.6. The van der Waals surface area contributed by atoms with E-state index in [0.717, 1.165) is 12.8 Å². The summed E-state index contributed by atoms with van der Waals surface area (Å²) in [6.07, 6.45) is 10.8. The van der Waals surface area contributed by atoms with Crippen LogP contribution in [0.4, 0.5) is 0 Å². The van der Waals surface area contributed by atoms with Crippen molar-refractivity contribution in [3.05, 3.63) is 29.8 Å². The predicted octanol–water partition coefficient (Wildman–Crippen LogP) is 5.78. The Hall–Kier alpha value is -0.0313. The molecule has 0 aliphatic heterocycles. The number of hydrogen-bond acceptors (Lipinski definition) is 2. The van der Waals surface area contributed by atoms with Crippen molar-refractivity contribution in [2.24, 2.45) is 0 Å². The van der Waals surface area contributed by atoms with E-state index in [-0.39, 0.29) is 0 Å². The Labute approximate surface area is 166 Å². The number of benzene rings is 1. The van der Waals surface area contributed by atoms with Crippen molar-refractivity contribution in [1.29, 1.82) is 0 Å². The molecule has 0 amide bonds. The van der Waals surface area contributed by atoms with Gasteiger partial charge in [-0.25, -0.2) is 0 Å². The zero-order valence-corrected chi connectivity index (χ0v) is 21.0. The molecule has 0 bridgehead atoms. The number of unbranched alkanes of at least 4 members (excludes halogenated alkanes) is 3. The van der Waals surface area contributed by atoms with Crippen molar-refractivity contribution in [3.63, 3.8) is 0 Å². The fourth-order valence-corrected chi connectivity index (χ4v) is 23.4. The van der Waals surface area contributed by atoms with E-state index < -0.39 is 33.0 Å². The first-order valence-electron chi connectivity index (χ1n) is 10.7. The Bertz CT molecular complexity index is 655. The molecule has 0 radical (unpaired) electrons. The van der Waals surface area contributed by atoms with Gasteiger partial charge in [-0.1, -0.05) is 0 Å². The first-order chi connectivity index (χ1) is 12.4. The van der Waals surface area contributed by atoms with Crippen LogP contribution in [0.5, 0.6) is 0 Å². The Balaban J connectivity index is 2.57. The Kier molecular flexibility index (Phi) is 8.09. The molecule has 0 spiro atoms. The minimum atomic E-state index is -3.05. The second-order valence-electron chi connectivity index (χ2n) is 8.40. The molecule has 1 aliphatic rings. The molecule has 4 heteroatoms. The zero-order chi connectivity index (χ0) is 19.3. The van der Waals surface area contributed by atoms with Gasteiger partial charge in [-0.3, -0.25) is 0 Å². The summed E-state index contributed by atoms with van der Waals surface area (Å²) in [5.41, 5.74) is 1.21. The van der Waals surface area contributed by atoms with Gasteiger partial charge in [0.05, 0.1) is 0 Å². The maximum atomic E-state index is 12.7. The molecule has 1 aliphatic carbocycles. The number of rotatable bonds is 12. The van der Waals surface area contributed by atoms with Crippen LogP contribution in [0.2, 0.25) is 13.3 Å². The molecule has 1 saturated carbocycles. The van der Waals surface area contributed by atoms with Crippen LogP contribution >= 0.6 is 0 Å². The predicted molar refractivity (Wildman–Crippen MR) is 117 cm³/mol. The molecule has 0 heterocycles. The third-order valence-electron chi connectivity index (χ3n) is 6.43. The molecular formula is C22H38O2SSn. The van der Waals surface area contributed by atoms with Gasteiger partial charge in [-0.2, -0.15) is 0 Å². The molecule has 0 unspecified atom stereocenters. The molecule has 0 saturated heterocycles. The van der Waals surface area contributed by atoms with Crippen LogP contribution in [0, 0.1) is 0 Å². The van der Waals surface area contributed by atoms with E-state index in [1.54, 1.807) is 3.58 Å². The molecule has 26 heavy (non-hydrogen) atoms. The van der Waals surface area contributed by atoms with E-state index in [9.17, 15) is 8.42 Å². The molecule has 148 valence electrons. The van der Waals surface area contributed by atoms with Crippen molar-refractivity contribution in [1.82, 2.24) is 0 Å². The van der Waals surface area contributed by atoms with Gasteiger partial charge in [0.25, 0.3) is 0 Å². The third kappa shape index (κ3) is 4.68. The Morgan fingerprint density at radius 3 is 1.73 bits per heavy atom. The van der Waals surface area contributed by atoms with E-state index in [0.29, 0.717) is 0 Å². The van der Waals surface area contributed by atoms with Gasteiger partial charge in [0.1, 0.15) is 0 Å². The van der Waals surface area contributed by atoms with Crippen molar-refractivity contribution in [3.8, 4) is 0 Å². The van der Waals surface area contributed by atoms with Crippen molar-refractivity contribution in [2.45, 2.75) is 90.2 Å². The summed E-state index contributed by atoms with van der Waals surface area (Å²) < 4.78 is 30.5. The van der Waals surface area contributed by atoms with Gasteiger partial charge in [0.15, 0.2) is 0 Å². The first kappa shape index (κ1) is 22.3. The summed E-state index contributed by atoms with van der Waals surface area (Å²) in [6.45, 7) is 6.88. The van der Waals surface area contributed by atoms with Gasteiger partial charge < -0.3 is 0 Å². The summed E-state index contributed by atoms with van der Waals surface area (Å²) in [5.74, 6) is 0. The van der Waals surface area contributed by atoms with Crippen LogP contribution in [-0.2, 0) is 14.6 Å². The van der Waals surface area contributed by atoms with Crippen LogP contribution in [0.3, 0.4) is 0 Å². The molecule has 1 aromatic rings. The van der Waals surface area contributed by atoms with Gasteiger partial charge in [-0.05, 0) is 0 Å². The fourth-order valence-electron chi connectivity index (χ4n) is 4.62. The van der Waals surface area contributed by atoms with Crippen LogP contribution in [0.1, 0.15) is 77.7 Å². The average molecular weight is 485 g/mol. The van der Waals surface area contributed by atoms with Gasteiger partial charge in [0.2, 0.25) is 0 Å². The van der Waals surface area contributed by atoms with Crippen LogP contribution < -0.4 is 3.58 Å². The topological polar surface area (TPSA) is 34.1 Å². The standard InChI is InChI=1S/C10H11O2S.3C4H9.Sn/c1-13(11,12)10(7-8-10)9-5-3-2-4-6-9;3*1-3-4-2;/h2-5H,7-8H2,1H3;3*1,3-4H2,2H3;. The summed E-state index contributed by atoms with van der Waals surface area (Å²) in [4.78, 5) is 0. The van der Waals surface area contributed by atoms with E-state index in [4.69, 9.17) is 0 Å². The second-order valence-corrected chi connectivity index (χ2v) is 23.9. The molecule has 0 atom stereocenters. The van der Waals surface area contributed by atoms with Crippen LogP contribution in [0.25, 0.3) is 0 Å². The van der Waals surface area contributed by atoms with Crippen molar-refractivity contribution >= 4 is 31.8 Å². The summed E-state index contributed by atoms with van der Waals surface area (Å²) >= 11 is -2.63. The quantitative estimate of drug-likeness (QED) is 0.352. The van der Waals surface area contributed by atoms with Crippen molar-refractivity contribution in [2.75, 3.05) is 6.26 Å². The molecule has 0 aromatic heterocycles. The Morgan fingerprint density at radius 2 is 1.35 bits per heavy atom.